The van der Waals surface area contributed by atoms with E-state index in [1.807, 2.05) is 6.07 Å². The Morgan fingerprint density at radius 3 is 2.38 bits per heavy atom. The Morgan fingerprint density at radius 2 is 1.76 bits per heavy atom. The van der Waals surface area contributed by atoms with E-state index in [0.717, 1.165) is 5.56 Å². The second-order valence-electron chi connectivity index (χ2n) is 4.62. The van der Waals surface area contributed by atoms with Gasteiger partial charge >= 0.3 is 0 Å². The maximum atomic E-state index is 13.5. The topological polar surface area (TPSA) is 30.5 Å². The van der Waals surface area contributed by atoms with Crippen LogP contribution in [0.15, 0.2) is 30.3 Å². The average molecular weight is 310 g/mol. The monoisotopic (exact) mass is 309 g/mol. The van der Waals surface area contributed by atoms with Crippen LogP contribution < -0.4 is 14.8 Å². The summed E-state index contributed by atoms with van der Waals surface area (Å²) in [5.41, 5.74) is 2.17. The standard InChI is InChI=1S/C16H17ClFNO2/c1-10-4-5-11(6-13(10)18)9-19-14-8-16(21-3)15(20-2)7-12(14)17/h4-8,19H,9H2,1-3H3. The Kier molecular flexibility index (Phi) is 4.91. The van der Waals surface area contributed by atoms with Gasteiger partial charge in [-0.25, -0.2) is 4.39 Å². The Labute approximate surface area is 128 Å². The number of hydrogen-bond acceptors (Lipinski definition) is 3. The predicted molar refractivity (Wildman–Crippen MR) is 83.0 cm³/mol. The van der Waals surface area contributed by atoms with Crippen molar-refractivity contribution in [3.05, 3.63) is 52.3 Å². The number of halogens is 2. The number of hydrogen-bond donors (Lipinski definition) is 1. The highest BCUT2D eigenvalue weighted by Gasteiger charge is 2.10. The third-order valence-corrected chi connectivity index (χ3v) is 3.51. The molecule has 2 aromatic carbocycles. The van der Waals surface area contributed by atoms with Crippen LogP contribution in [0.5, 0.6) is 11.5 Å². The number of ether oxygens (including phenoxy) is 2. The molecule has 0 aliphatic heterocycles. The number of methoxy groups -OCH3 is 2. The lowest BCUT2D eigenvalue weighted by atomic mass is 10.1. The summed E-state index contributed by atoms with van der Waals surface area (Å²) in [6.45, 7) is 2.20. The number of anilines is 1. The molecule has 0 spiro atoms. The fourth-order valence-electron chi connectivity index (χ4n) is 1.93. The van der Waals surface area contributed by atoms with Crippen molar-refractivity contribution in [3.63, 3.8) is 0 Å². The van der Waals surface area contributed by atoms with Gasteiger partial charge < -0.3 is 14.8 Å². The molecule has 0 radical (unpaired) electrons. The molecule has 112 valence electrons. The van der Waals surface area contributed by atoms with E-state index < -0.39 is 0 Å². The van der Waals surface area contributed by atoms with Crippen LogP contribution in [-0.2, 0) is 6.54 Å². The minimum Gasteiger partial charge on any atom is -0.493 e. The summed E-state index contributed by atoms with van der Waals surface area (Å²) < 4.78 is 23.9. The van der Waals surface area contributed by atoms with Crippen molar-refractivity contribution in [2.24, 2.45) is 0 Å². The van der Waals surface area contributed by atoms with E-state index >= 15 is 0 Å². The van der Waals surface area contributed by atoms with E-state index in [9.17, 15) is 4.39 Å². The number of aryl methyl sites for hydroxylation is 1. The lowest BCUT2D eigenvalue weighted by molar-refractivity contribution is 0.355. The second-order valence-corrected chi connectivity index (χ2v) is 5.03. The first-order chi connectivity index (χ1) is 10.0. The molecule has 5 heteroatoms. The molecule has 0 aromatic heterocycles. The van der Waals surface area contributed by atoms with E-state index in [1.54, 1.807) is 39.3 Å². The van der Waals surface area contributed by atoms with Gasteiger partial charge in [0, 0.05) is 18.7 Å². The largest absolute Gasteiger partial charge is 0.493 e. The molecule has 0 aliphatic carbocycles. The fourth-order valence-corrected chi connectivity index (χ4v) is 2.15. The van der Waals surface area contributed by atoms with Crippen LogP contribution in [-0.4, -0.2) is 14.2 Å². The molecule has 0 saturated carbocycles. The number of benzene rings is 2. The molecule has 0 heterocycles. The van der Waals surface area contributed by atoms with Crippen LogP contribution in [0, 0.1) is 12.7 Å². The maximum Gasteiger partial charge on any atom is 0.162 e. The zero-order valence-corrected chi connectivity index (χ0v) is 12.9. The predicted octanol–water partition coefficient (Wildman–Crippen LogP) is 4.42. The molecule has 2 aromatic rings. The zero-order chi connectivity index (χ0) is 15.4. The summed E-state index contributed by atoms with van der Waals surface area (Å²) in [5, 5.41) is 3.68. The highest BCUT2D eigenvalue weighted by Crippen LogP contribution is 2.36. The zero-order valence-electron chi connectivity index (χ0n) is 12.2. The number of nitrogens with one attached hydrogen (secondary N) is 1. The first-order valence-corrected chi connectivity index (χ1v) is 6.83. The third-order valence-electron chi connectivity index (χ3n) is 3.19. The molecule has 0 amide bonds. The van der Waals surface area contributed by atoms with Crippen molar-refractivity contribution in [1.29, 1.82) is 0 Å². The van der Waals surface area contributed by atoms with Gasteiger partial charge in [0.25, 0.3) is 0 Å². The summed E-state index contributed by atoms with van der Waals surface area (Å²) in [6, 6.07) is 8.57. The van der Waals surface area contributed by atoms with Gasteiger partial charge in [-0.15, -0.1) is 0 Å². The van der Waals surface area contributed by atoms with Gasteiger partial charge in [-0.05, 0) is 24.1 Å². The second kappa shape index (κ2) is 6.68. The van der Waals surface area contributed by atoms with Crippen molar-refractivity contribution in [2.45, 2.75) is 13.5 Å². The van der Waals surface area contributed by atoms with Crippen molar-refractivity contribution in [3.8, 4) is 11.5 Å². The van der Waals surface area contributed by atoms with Crippen LogP contribution in [0.3, 0.4) is 0 Å². The third kappa shape index (κ3) is 3.58. The quantitative estimate of drug-likeness (QED) is 0.887. The minimum absolute atomic E-state index is 0.215. The van der Waals surface area contributed by atoms with E-state index in [1.165, 1.54) is 6.07 Å². The molecule has 0 unspecified atom stereocenters. The van der Waals surface area contributed by atoms with Gasteiger partial charge in [-0.1, -0.05) is 23.7 Å². The first kappa shape index (κ1) is 15.4. The number of rotatable bonds is 5. The molecule has 3 nitrogen and oxygen atoms in total. The Balaban J connectivity index is 2.17. The summed E-state index contributed by atoms with van der Waals surface area (Å²) in [7, 11) is 3.11. The van der Waals surface area contributed by atoms with Gasteiger partial charge in [-0.2, -0.15) is 0 Å². The molecule has 0 atom stereocenters. The average Bonchev–Trinajstić information content (AvgIpc) is 2.49. The molecule has 0 fully saturated rings. The summed E-state index contributed by atoms with van der Waals surface area (Å²) in [5.74, 6) is 0.932. The Bertz CT molecular complexity index is 646. The first-order valence-electron chi connectivity index (χ1n) is 6.45. The molecule has 1 N–H and O–H groups in total. The molecule has 0 saturated heterocycles. The lowest BCUT2D eigenvalue weighted by Crippen LogP contribution is -2.02. The van der Waals surface area contributed by atoms with Crippen LogP contribution in [0.2, 0.25) is 5.02 Å². The fraction of sp³-hybridized carbons (Fsp3) is 0.250. The van der Waals surface area contributed by atoms with E-state index in [2.05, 4.69) is 5.32 Å². The highest BCUT2D eigenvalue weighted by atomic mass is 35.5. The van der Waals surface area contributed by atoms with Gasteiger partial charge in [-0.3, -0.25) is 0 Å². The minimum atomic E-state index is -0.215. The smallest absolute Gasteiger partial charge is 0.162 e. The molecule has 2 rings (SSSR count). The summed E-state index contributed by atoms with van der Waals surface area (Å²) in [4.78, 5) is 0. The van der Waals surface area contributed by atoms with Gasteiger partial charge in [0.2, 0.25) is 0 Å². The van der Waals surface area contributed by atoms with Crippen LogP contribution in [0.25, 0.3) is 0 Å². The normalized spacial score (nSPS) is 10.3. The Hall–Kier alpha value is -1.94. The van der Waals surface area contributed by atoms with Crippen LogP contribution >= 0.6 is 11.6 Å². The van der Waals surface area contributed by atoms with E-state index in [0.29, 0.717) is 34.3 Å². The molecule has 21 heavy (non-hydrogen) atoms. The molecule has 0 aliphatic rings. The van der Waals surface area contributed by atoms with Crippen molar-refractivity contribution in [2.75, 3.05) is 19.5 Å². The highest BCUT2D eigenvalue weighted by molar-refractivity contribution is 6.33. The van der Waals surface area contributed by atoms with Crippen molar-refractivity contribution >= 4 is 17.3 Å². The van der Waals surface area contributed by atoms with Crippen molar-refractivity contribution < 1.29 is 13.9 Å². The molecule has 0 bridgehead atoms. The molecular weight excluding hydrogens is 293 g/mol. The lowest BCUT2D eigenvalue weighted by Gasteiger charge is -2.13. The van der Waals surface area contributed by atoms with E-state index in [-0.39, 0.29) is 5.82 Å². The van der Waals surface area contributed by atoms with Gasteiger partial charge in [0.05, 0.1) is 24.9 Å². The molecular formula is C16H17ClFNO2. The van der Waals surface area contributed by atoms with Gasteiger partial charge in [0.15, 0.2) is 11.5 Å². The summed E-state index contributed by atoms with van der Waals surface area (Å²) >= 11 is 6.19. The Morgan fingerprint density at radius 1 is 1.10 bits per heavy atom. The van der Waals surface area contributed by atoms with E-state index in [4.69, 9.17) is 21.1 Å². The summed E-state index contributed by atoms with van der Waals surface area (Å²) in [6.07, 6.45) is 0. The van der Waals surface area contributed by atoms with Crippen molar-refractivity contribution in [1.82, 2.24) is 0 Å². The maximum absolute atomic E-state index is 13.5. The van der Waals surface area contributed by atoms with Crippen LogP contribution in [0.4, 0.5) is 10.1 Å². The SMILES string of the molecule is COc1cc(Cl)c(NCc2ccc(C)c(F)c2)cc1OC. The van der Waals surface area contributed by atoms with Crippen LogP contribution in [0.1, 0.15) is 11.1 Å². The van der Waals surface area contributed by atoms with Gasteiger partial charge in [0.1, 0.15) is 5.82 Å².